The Morgan fingerprint density at radius 1 is 0.906 bits per heavy atom. The minimum Gasteiger partial charge on any atom is -0.497 e. The van der Waals surface area contributed by atoms with Crippen LogP contribution in [0.1, 0.15) is 31.8 Å². The van der Waals surface area contributed by atoms with E-state index in [-0.39, 0.29) is 23.9 Å². The van der Waals surface area contributed by atoms with Crippen LogP contribution in [0.25, 0.3) is 6.08 Å². The van der Waals surface area contributed by atoms with Crippen molar-refractivity contribution in [2.45, 2.75) is 6.92 Å². The quantitative estimate of drug-likeness (QED) is 0.393. The van der Waals surface area contributed by atoms with Crippen molar-refractivity contribution in [2.75, 3.05) is 20.8 Å². The summed E-state index contributed by atoms with van der Waals surface area (Å²) in [6.45, 7) is 1.67. The number of carbonyl (C=O) groups is 2. The van der Waals surface area contributed by atoms with Crippen LogP contribution in [0.3, 0.4) is 0 Å². The first-order valence-corrected chi connectivity index (χ1v) is 10.0. The molecule has 0 saturated carbocycles. The van der Waals surface area contributed by atoms with Crippen molar-refractivity contribution in [1.82, 2.24) is 0 Å². The Labute approximate surface area is 186 Å². The molecule has 0 aromatic heterocycles. The lowest BCUT2D eigenvalue weighted by molar-refractivity contribution is 0.0920. The van der Waals surface area contributed by atoms with Gasteiger partial charge in [-0.25, -0.2) is 0 Å². The van der Waals surface area contributed by atoms with Crippen LogP contribution in [0.4, 0.5) is 0 Å². The smallest absolute Gasteiger partial charge is 0.231 e. The maximum atomic E-state index is 12.8. The first-order chi connectivity index (χ1) is 15.5. The van der Waals surface area contributed by atoms with E-state index in [1.54, 1.807) is 63.6 Å². The summed E-state index contributed by atoms with van der Waals surface area (Å²) in [5.41, 5.74) is 2.48. The van der Waals surface area contributed by atoms with Gasteiger partial charge in [-0.3, -0.25) is 9.59 Å². The number of hydrogen-bond donors (Lipinski definition) is 0. The molecule has 162 valence electrons. The Morgan fingerprint density at radius 2 is 1.53 bits per heavy atom. The number of ketones is 2. The van der Waals surface area contributed by atoms with E-state index in [4.69, 9.17) is 18.9 Å². The van der Waals surface area contributed by atoms with E-state index in [1.807, 2.05) is 24.3 Å². The maximum Gasteiger partial charge on any atom is 0.231 e. The number of Topliss-reactive ketones (excluding diaryl/α,β-unsaturated/α-hetero) is 2. The molecule has 0 saturated heterocycles. The average Bonchev–Trinajstić information content (AvgIpc) is 3.15. The minimum absolute atomic E-state index is 0.131. The third-order valence-electron chi connectivity index (χ3n) is 5.22. The lowest BCUT2D eigenvalue weighted by Gasteiger charge is -2.11. The monoisotopic (exact) mass is 430 g/mol. The lowest BCUT2D eigenvalue weighted by Crippen LogP contribution is -2.12. The van der Waals surface area contributed by atoms with Gasteiger partial charge in [-0.05, 0) is 67.1 Å². The van der Waals surface area contributed by atoms with Crippen LogP contribution in [0.15, 0.2) is 66.4 Å². The summed E-state index contributed by atoms with van der Waals surface area (Å²) in [5, 5.41) is 0. The van der Waals surface area contributed by atoms with Gasteiger partial charge in [0, 0.05) is 11.1 Å². The summed E-state index contributed by atoms with van der Waals surface area (Å²) in [6, 6.07) is 17.5. The fourth-order valence-electron chi connectivity index (χ4n) is 3.38. The molecule has 4 rings (SSSR count). The number of allylic oxidation sites excluding steroid dienone is 1. The van der Waals surface area contributed by atoms with Crippen molar-refractivity contribution in [3.63, 3.8) is 0 Å². The Bertz CT molecular complexity index is 1190. The molecule has 1 aliphatic rings. The highest BCUT2D eigenvalue weighted by molar-refractivity contribution is 6.15. The Kier molecular flexibility index (Phi) is 5.94. The van der Waals surface area contributed by atoms with Crippen molar-refractivity contribution >= 4 is 17.6 Å². The first kappa shape index (κ1) is 21.2. The predicted molar refractivity (Wildman–Crippen MR) is 120 cm³/mol. The van der Waals surface area contributed by atoms with Gasteiger partial charge in [0.25, 0.3) is 0 Å². The first-order valence-electron chi connectivity index (χ1n) is 10.0. The van der Waals surface area contributed by atoms with Gasteiger partial charge in [0.05, 0.1) is 19.8 Å². The SMILES string of the molecule is COc1ccc(/C=C2\Oc3c(ccc(OCC(=O)c4ccc(OC)cc4)c3C)C2=O)cc1. The second-order valence-electron chi connectivity index (χ2n) is 7.22. The predicted octanol–water partition coefficient (Wildman–Crippen LogP) is 4.89. The van der Waals surface area contributed by atoms with E-state index in [0.717, 1.165) is 11.3 Å². The van der Waals surface area contributed by atoms with Crippen LogP contribution in [-0.4, -0.2) is 32.4 Å². The van der Waals surface area contributed by atoms with Crippen LogP contribution in [-0.2, 0) is 0 Å². The molecule has 3 aromatic rings. The molecule has 0 aliphatic carbocycles. The van der Waals surface area contributed by atoms with Gasteiger partial charge in [-0.2, -0.15) is 0 Å². The van der Waals surface area contributed by atoms with Crippen LogP contribution in [0.5, 0.6) is 23.0 Å². The summed E-state index contributed by atoms with van der Waals surface area (Å²) in [7, 11) is 3.17. The summed E-state index contributed by atoms with van der Waals surface area (Å²) in [6.07, 6.45) is 1.69. The number of ether oxygens (including phenoxy) is 4. The van der Waals surface area contributed by atoms with Gasteiger partial charge in [0.15, 0.2) is 18.1 Å². The van der Waals surface area contributed by atoms with Gasteiger partial charge in [-0.1, -0.05) is 12.1 Å². The molecule has 32 heavy (non-hydrogen) atoms. The van der Waals surface area contributed by atoms with E-state index >= 15 is 0 Å². The average molecular weight is 430 g/mol. The fraction of sp³-hybridized carbons (Fsp3) is 0.154. The normalized spacial score (nSPS) is 13.5. The summed E-state index contributed by atoms with van der Waals surface area (Å²) < 4.78 is 21.9. The van der Waals surface area contributed by atoms with E-state index < -0.39 is 0 Å². The number of hydrogen-bond acceptors (Lipinski definition) is 6. The highest BCUT2D eigenvalue weighted by atomic mass is 16.5. The molecular weight excluding hydrogens is 408 g/mol. The Hall–Kier alpha value is -4.06. The molecule has 0 radical (unpaired) electrons. The van der Waals surface area contributed by atoms with Crippen molar-refractivity contribution in [1.29, 1.82) is 0 Å². The summed E-state index contributed by atoms with van der Waals surface area (Å²) in [5.74, 6) is 2.23. The third-order valence-corrected chi connectivity index (χ3v) is 5.22. The number of benzene rings is 3. The fourth-order valence-corrected chi connectivity index (χ4v) is 3.38. The standard InChI is InChI=1S/C26H22O6/c1-16-23(31-15-22(27)18-6-10-20(30-3)11-7-18)13-12-21-25(28)24(32-26(16)21)14-17-4-8-19(29-2)9-5-17/h4-14H,15H2,1-3H3/b24-14-. The molecule has 0 bridgehead atoms. The zero-order valence-corrected chi connectivity index (χ0v) is 18.0. The maximum absolute atomic E-state index is 12.8. The molecule has 0 unspecified atom stereocenters. The van der Waals surface area contributed by atoms with E-state index in [2.05, 4.69) is 0 Å². The zero-order chi connectivity index (χ0) is 22.7. The van der Waals surface area contributed by atoms with Gasteiger partial charge in [0.1, 0.15) is 23.0 Å². The molecule has 6 nitrogen and oxygen atoms in total. The van der Waals surface area contributed by atoms with Crippen molar-refractivity contribution < 1.29 is 28.5 Å². The van der Waals surface area contributed by atoms with Gasteiger partial charge in [0.2, 0.25) is 5.78 Å². The van der Waals surface area contributed by atoms with E-state index in [9.17, 15) is 9.59 Å². The number of methoxy groups -OCH3 is 2. The molecule has 0 spiro atoms. The molecule has 1 aliphatic heterocycles. The van der Waals surface area contributed by atoms with Gasteiger partial charge in [-0.15, -0.1) is 0 Å². The topological polar surface area (TPSA) is 71.1 Å². The highest BCUT2D eigenvalue weighted by Crippen LogP contribution is 2.39. The van der Waals surface area contributed by atoms with Crippen molar-refractivity contribution in [3.8, 4) is 23.0 Å². The van der Waals surface area contributed by atoms with E-state index in [0.29, 0.717) is 33.9 Å². The van der Waals surface area contributed by atoms with E-state index in [1.165, 1.54) is 0 Å². The third kappa shape index (κ3) is 4.21. The lowest BCUT2D eigenvalue weighted by atomic mass is 10.1. The Balaban J connectivity index is 1.49. The number of rotatable bonds is 7. The van der Waals surface area contributed by atoms with Crippen LogP contribution < -0.4 is 18.9 Å². The van der Waals surface area contributed by atoms with Crippen LogP contribution in [0.2, 0.25) is 0 Å². The van der Waals surface area contributed by atoms with Gasteiger partial charge < -0.3 is 18.9 Å². The molecule has 0 N–H and O–H groups in total. The van der Waals surface area contributed by atoms with Crippen molar-refractivity contribution in [3.05, 3.63) is 88.7 Å². The second-order valence-corrected chi connectivity index (χ2v) is 7.22. The number of carbonyl (C=O) groups excluding carboxylic acids is 2. The second kappa shape index (κ2) is 8.98. The summed E-state index contributed by atoms with van der Waals surface area (Å²) in [4.78, 5) is 25.2. The van der Waals surface area contributed by atoms with Crippen LogP contribution in [0, 0.1) is 6.92 Å². The molecule has 1 heterocycles. The molecule has 0 fully saturated rings. The van der Waals surface area contributed by atoms with Crippen molar-refractivity contribution in [2.24, 2.45) is 0 Å². The zero-order valence-electron chi connectivity index (χ0n) is 18.0. The molecule has 3 aromatic carbocycles. The van der Waals surface area contributed by atoms with Gasteiger partial charge >= 0.3 is 0 Å². The summed E-state index contributed by atoms with van der Waals surface area (Å²) >= 11 is 0. The largest absolute Gasteiger partial charge is 0.497 e. The highest BCUT2D eigenvalue weighted by Gasteiger charge is 2.30. The Morgan fingerprint density at radius 3 is 2.16 bits per heavy atom. The molecule has 0 amide bonds. The molecule has 0 atom stereocenters. The number of fused-ring (bicyclic) bond motifs is 1. The van der Waals surface area contributed by atoms with Crippen LogP contribution >= 0.6 is 0 Å². The molecule has 6 heteroatoms. The minimum atomic E-state index is -0.195. The molecular formula is C26H22O6.